The zero-order valence-electron chi connectivity index (χ0n) is 12.2. The van der Waals surface area contributed by atoms with Crippen molar-refractivity contribution in [2.45, 2.75) is 17.7 Å². The van der Waals surface area contributed by atoms with Gasteiger partial charge in [0.1, 0.15) is 10.7 Å². The summed E-state index contributed by atoms with van der Waals surface area (Å²) in [5.41, 5.74) is 5.65. The number of nitrogens with two attached hydrogens (primary N) is 1. The van der Waals surface area contributed by atoms with E-state index in [1.165, 1.54) is 16.6 Å². The van der Waals surface area contributed by atoms with E-state index < -0.39 is 10.0 Å². The van der Waals surface area contributed by atoms with Gasteiger partial charge < -0.3 is 10.6 Å². The zero-order chi connectivity index (χ0) is 15.6. The molecule has 21 heavy (non-hydrogen) atoms. The van der Waals surface area contributed by atoms with Gasteiger partial charge in [0, 0.05) is 39.3 Å². The number of amides is 1. The summed E-state index contributed by atoms with van der Waals surface area (Å²) in [5.74, 6) is -0.0605. The first kappa shape index (κ1) is 15.7. The van der Waals surface area contributed by atoms with Gasteiger partial charge in [-0.25, -0.2) is 13.4 Å². The van der Waals surface area contributed by atoms with Crippen LogP contribution < -0.4 is 5.73 Å². The van der Waals surface area contributed by atoms with Crippen molar-refractivity contribution in [1.82, 2.24) is 14.2 Å². The Labute approximate surface area is 124 Å². The molecule has 2 heterocycles. The smallest absolute Gasteiger partial charge is 0.246 e. The molecule has 2 rings (SSSR count). The molecule has 1 aliphatic heterocycles. The van der Waals surface area contributed by atoms with Gasteiger partial charge in [0.05, 0.1) is 0 Å². The minimum Gasteiger partial charge on any atom is -0.383 e. The third-order valence-corrected chi connectivity index (χ3v) is 5.61. The van der Waals surface area contributed by atoms with Crippen molar-refractivity contribution >= 4 is 21.7 Å². The van der Waals surface area contributed by atoms with E-state index >= 15 is 0 Å². The maximum absolute atomic E-state index is 12.5. The molecule has 7 nitrogen and oxygen atoms in total. The van der Waals surface area contributed by atoms with E-state index in [-0.39, 0.29) is 22.5 Å². The number of hydrogen-bond acceptors (Lipinski definition) is 5. The van der Waals surface area contributed by atoms with Crippen molar-refractivity contribution in [2.24, 2.45) is 5.92 Å². The lowest BCUT2D eigenvalue weighted by Gasteiger charge is -2.31. The predicted octanol–water partition coefficient (Wildman–Crippen LogP) is 0.153. The topological polar surface area (TPSA) is 96.6 Å². The molecule has 1 amide bonds. The molecule has 116 valence electrons. The van der Waals surface area contributed by atoms with Crippen molar-refractivity contribution in [1.29, 1.82) is 0 Å². The van der Waals surface area contributed by atoms with Gasteiger partial charge in [0.25, 0.3) is 0 Å². The third-order valence-electron chi connectivity index (χ3n) is 3.66. The number of pyridine rings is 1. The number of carbonyl (C=O) groups excluding carboxylic acids is 1. The molecule has 1 aromatic rings. The van der Waals surface area contributed by atoms with Crippen molar-refractivity contribution in [3.8, 4) is 0 Å². The Morgan fingerprint density at radius 1 is 1.38 bits per heavy atom. The van der Waals surface area contributed by atoms with E-state index in [1.54, 1.807) is 25.1 Å². The van der Waals surface area contributed by atoms with Crippen LogP contribution in [0.5, 0.6) is 0 Å². The van der Waals surface area contributed by atoms with Crippen LogP contribution in [0.25, 0.3) is 0 Å². The highest BCUT2D eigenvalue weighted by atomic mass is 32.2. The van der Waals surface area contributed by atoms with Gasteiger partial charge in [-0.05, 0) is 25.0 Å². The molecule has 0 unspecified atom stereocenters. The summed E-state index contributed by atoms with van der Waals surface area (Å²) < 4.78 is 26.4. The fourth-order valence-electron chi connectivity index (χ4n) is 2.47. The van der Waals surface area contributed by atoms with Crippen molar-refractivity contribution in [3.05, 3.63) is 18.3 Å². The van der Waals surface area contributed by atoms with Gasteiger partial charge in [0.15, 0.2) is 0 Å². The maximum atomic E-state index is 12.5. The standard InChI is InChI=1S/C13H20N4O3S/c1-16(2)13(18)10-5-8-17(9-6-10)21(19,20)11-4-3-7-15-12(11)14/h3-4,7,10H,5-6,8-9H2,1-2H3,(H2,14,15). The Morgan fingerprint density at radius 2 is 2.00 bits per heavy atom. The average Bonchev–Trinajstić information content (AvgIpc) is 2.46. The van der Waals surface area contributed by atoms with Gasteiger partial charge in [-0.1, -0.05) is 0 Å². The summed E-state index contributed by atoms with van der Waals surface area (Å²) in [5, 5.41) is 0. The minimum absolute atomic E-state index is 0.00370. The summed E-state index contributed by atoms with van der Waals surface area (Å²) in [6.45, 7) is 0.641. The largest absolute Gasteiger partial charge is 0.383 e. The molecule has 0 aliphatic carbocycles. The lowest BCUT2D eigenvalue weighted by Crippen LogP contribution is -2.42. The van der Waals surface area contributed by atoms with E-state index in [1.807, 2.05) is 0 Å². The number of hydrogen-bond donors (Lipinski definition) is 1. The number of piperidine rings is 1. The molecular formula is C13H20N4O3S. The SMILES string of the molecule is CN(C)C(=O)C1CCN(S(=O)(=O)c2cccnc2N)CC1. The van der Waals surface area contributed by atoms with Crippen LogP contribution in [0.4, 0.5) is 5.82 Å². The summed E-state index contributed by atoms with van der Waals surface area (Å²) in [7, 11) is -0.221. The number of carbonyl (C=O) groups is 1. The van der Waals surface area contributed by atoms with E-state index in [2.05, 4.69) is 4.98 Å². The Balaban J connectivity index is 2.12. The minimum atomic E-state index is -3.64. The molecule has 1 fully saturated rings. The Bertz CT molecular complexity index is 622. The van der Waals surface area contributed by atoms with Gasteiger partial charge in [0.2, 0.25) is 15.9 Å². The number of rotatable bonds is 3. The highest BCUT2D eigenvalue weighted by Gasteiger charge is 2.33. The fraction of sp³-hybridized carbons (Fsp3) is 0.538. The van der Waals surface area contributed by atoms with Gasteiger partial charge in [-0.3, -0.25) is 4.79 Å². The Kier molecular flexibility index (Phi) is 4.48. The first-order valence-electron chi connectivity index (χ1n) is 6.76. The molecule has 0 bridgehead atoms. The van der Waals surface area contributed by atoms with Crippen LogP contribution in [0.2, 0.25) is 0 Å². The monoisotopic (exact) mass is 312 g/mol. The second-order valence-corrected chi connectivity index (χ2v) is 7.20. The average molecular weight is 312 g/mol. The van der Waals surface area contributed by atoms with Gasteiger partial charge in [-0.15, -0.1) is 0 Å². The molecule has 8 heteroatoms. The third kappa shape index (κ3) is 3.16. The molecule has 1 aliphatic rings. The second kappa shape index (κ2) is 5.98. The van der Waals surface area contributed by atoms with Crippen LogP contribution >= 0.6 is 0 Å². The molecule has 0 aromatic carbocycles. The molecule has 0 spiro atoms. The number of anilines is 1. The van der Waals surface area contributed by atoms with Crippen molar-refractivity contribution < 1.29 is 13.2 Å². The Morgan fingerprint density at radius 3 is 2.52 bits per heavy atom. The normalized spacial score (nSPS) is 17.6. The number of aromatic nitrogens is 1. The van der Waals surface area contributed by atoms with E-state index in [9.17, 15) is 13.2 Å². The molecular weight excluding hydrogens is 292 g/mol. The van der Waals surface area contributed by atoms with Crippen LogP contribution in [-0.4, -0.2) is 55.7 Å². The number of nitrogen functional groups attached to an aromatic ring is 1. The first-order valence-corrected chi connectivity index (χ1v) is 8.20. The van der Waals surface area contributed by atoms with Gasteiger partial charge in [-0.2, -0.15) is 4.31 Å². The molecule has 1 aromatic heterocycles. The molecule has 1 saturated heterocycles. The quantitative estimate of drug-likeness (QED) is 0.857. The Hall–Kier alpha value is -1.67. The first-order chi connectivity index (χ1) is 9.84. The van der Waals surface area contributed by atoms with Crippen molar-refractivity contribution in [2.75, 3.05) is 32.9 Å². The number of nitrogens with zero attached hydrogens (tertiary/aromatic N) is 3. The molecule has 2 N–H and O–H groups in total. The fourth-order valence-corrected chi connectivity index (χ4v) is 4.01. The van der Waals surface area contributed by atoms with Crippen LogP contribution in [0, 0.1) is 5.92 Å². The van der Waals surface area contributed by atoms with Crippen LogP contribution in [0.1, 0.15) is 12.8 Å². The van der Waals surface area contributed by atoms with Gasteiger partial charge >= 0.3 is 0 Å². The maximum Gasteiger partial charge on any atom is 0.246 e. The summed E-state index contributed by atoms with van der Waals surface area (Å²) in [6.07, 6.45) is 2.50. The van der Waals surface area contributed by atoms with Crippen LogP contribution in [0.15, 0.2) is 23.2 Å². The summed E-state index contributed by atoms with van der Waals surface area (Å²) >= 11 is 0. The zero-order valence-corrected chi connectivity index (χ0v) is 13.0. The molecule has 0 radical (unpaired) electrons. The lowest BCUT2D eigenvalue weighted by atomic mass is 9.97. The predicted molar refractivity (Wildman–Crippen MR) is 78.8 cm³/mol. The van der Waals surface area contributed by atoms with Crippen molar-refractivity contribution in [3.63, 3.8) is 0 Å². The second-order valence-electron chi connectivity index (χ2n) is 5.30. The van der Waals surface area contributed by atoms with E-state index in [0.29, 0.717) is 25.9 Å². The summed E-state index contributed by atoms with van der Waals surface area (Å²) in [4.78, 5) is 17.3. The van der Waals surface area contributed by atoms with Crippen LogP contribution in [-0.2, 0) is 14.8 Å². The lowest BCUT2D eigenvalue weighted by molar-refractivity contribution is -0.134. The highest BCUT2D eigenvalue weighted by molar-refractivity contribution is 7.89. The molecule has 0 atom stereocenters. The highest BCUT2D eigenvalue weighted by Crippen LogP contribution is 2.26. The van der Waals surface area contributed by atoms with Crippen LogP contribution in [0.3, 0.4) is 0 Å². The number of sulfonamides is 1. The van der Waals surface area contributed by atoms with E-state index in [0.717, 1.165) is 0 Å². The summed E-state index contributed by atoms with van der Waals surface area (Å²) in [6, 6.07) is 3.00. The van der Waals surface area contributed by atoms with E-state index in [4.69, 9.17) is 5.73 Å². The molecule has 0 saturated carbocycles.